The van der Waals surface area contributed by atoms with E-state index >= 15 is 9.59 Å². The van der Waals surface area contributed by atoms with Crippen LogP contribution in [0.5, 0.6) is 46.0 Å². The number of nitrogens with two attached hydrogens (primary N) is 1. The molecule has 7 heterocycles. The van der Waals surface area contributed by atoms with Gasteiger partial charge in [-0.25, -0.2) is 0 Å². The molecule has 0 radical (unpaired) electrons. The lowest BCUT2D eigenvalue weighted by molar-refractivity contribution is -0.334. The topological polar surface area (TPSA) is 482 Å². The number of phenols is 3. The van der Waals surface area contributed by atoms with Gasteiger partial charge in [0.15, 0.2) is 23.9 Å². The number of hydrogen-bond donors (Lipinski definition) is 19. The van der Waals surface area contributed by atoms with E-state index in [1.807, 2.05) is 50.2 Å². The van der Waals surface area contributed by atoms with Crippen LogP contribution in [-0.2, 0) is 49.5 Å². The predicted molar refractivity (Wildman–Crippen MR) is 416 cm³/mol. The zero-order valence-electron chi connectivity index (χ0n) is 61.7. The normalized spacial score (nSPS) is 27.4. The van der Waals surface area contributed by atoms with Gasteiger partial charge < -0.3 is 128 Å². The van der Waals surface area contributed by atoms with Crippen molar-refractivity contribution in [2.24, 2.45) is 11.7 Å². The summed E-state index contributed by atoms with van der Waals surface area (Å²) in [4.78, 5) is 88.1. The van der Waals surface area contributed by atoms with Gasteiger partial charge in [0.2, 0.25) is 47.5 Å². The Morgan fingerprint density at radius 2 is 1.29 bits per heavy atom. The molecule has 11 bridgehead atoms. The third-order valence-electron chi connectivity index (χ3n) is 20.6. The number of aliphatic hydroxyl groups excluding tert-OH is 7. The average Bonchev–Trinajstić information content (AvgIpc) is 0.755. The van der Waals surface area contributed by atoms with Crippen molar-refractivity contribution in [3.63, 3.8) is 0 Å². The van der Waals surface area contributed by atoms with Crippen molar-refractivity contribution in [2.45, 2.75) is 163 Å². The van der Waals surface area contributed by atoms with Crippen LogP contribution < -0.4 is 62.5 Å². The van der Waals surface area contributed by atoms with Crippen LogP contribution in [0.4, 0.5) is 0 Å². The summed E-state index contributed by atoms with van der Waals surface area (Å²) in [5.74, 6) is -10.8. The molecule has 35 heteroatoms. The molecular weight excluding hydrogens is 1570 g/mol. The van der Waals surface area contributed by atoms with Gasteiger partial charge in [0.05, 0.1) is 54.0 Å². The number of ether oxygens (including phenoxy) is 6. The zero-order valence-corrected chi connectivity index (χ0v) is 64.8. The standard InChI is InChI=1S/C79H86Cl3N9O22S/c1-33(2)20-48(84-5)72(103)89-63-65(98)39-13-18-53(46(81)22-39)109-55-24-41-25-56(69(55)113-78-70(68(101)67(100)57(32-93)111-78)112-59-29-79(4,71(102)34(3)108-59)85-30-35-6-8-36(9-7-35)37-10-15-42(80)16-11-37)110-54-19-14-40(23-47(54)82)66(99)64-76(107)87-50(31-92)44-26-43(94)27-52(96)60(44)45-21-38(12-17-51(45)95)61(74(105)90-64)91-77(114)62(41)88-73(104)49(28-58(83)97)86-75(63)106/h6-19,21-27,33-34,48-50,57,59,61-68,70-71,78,84-85,92-96,98-102H,20,28-32H2,1-5H3,(H2,83,97)(H,86,106)(H,87,107)(H,88,104)(H,89,103)(H,90,105)(H,91,114)/t34-,48+,49-,50+,57?,59-,61+,62+,63+,64-,65+,66+,67?,68-,70+,71+,78-,79?/m0/s1. The Hall–Kier alpha value is -9.56. The number of thiocarbonyl (C=S) groups is 1. The molecule has 0 spiro atoms. The second-order valence-corrected chi connectivity index (χ2v) is 30.8. The van der Waals surface area contributed by atoms with Gasteiger partial charge in [-0.2, -0.15) is 0 Å². The van der Waals surface area contributed by atoms with E-state index in [0.717, 1.165) is 41.0 Å². The number of aliphatic hydroxyl groups is 7. The number of hydrogen-bond acceptors (Lipinski definition) is 25. The second kappa shape index (κ2) is 35.3. The van der Waals surface area contributed by atoms with Crippen LogP contribution in [-0.4, -0.2) is 191 Å². The van der Waals surface area contributed by atoms with E-state index in [1.165, 1.54) is 61.6 Å². The van der Waals surface area contributed by atoms with Gasteiger partial charge in [-0.1, -0.05) is 115 Å². The molecule has 7 aromatic rings. The molecule has 20 N–H and O–H groups in total. The first-order valence-electron chi connectivity index (χ1n) is 36.4. The van der Waals surface area contributed by atoms with Crippen molar-refractivity contribution in [3.8, 4) is 68.2 Å². The largest absolute Gasteiger partial charge is 0.508 e. The first-order chi connectivity index (χ1) is 54.2. The maximum Gasteiger partial charge on any atom is 0.247 e. The summed E-state index contributed by atoms with van der Waals surface area (Å²) in [5, 5.41) is 139. The smallest absolute Gasteiger partial charge is 0.247 e. The molecule has 7 aliphatic rings. The summed E-state index contributed by atoms with van der Waals surface area (Å²) in [6.45, 7) is 5.37. The Morgan fingerprint density at radius 3 is 1.89 bits per heavy atom. The highest BCUT2D eigenvalue weighted by Crippen LogP contribution is 2.50. The number of benzene rings is 7. The monoisotopic (exact) mass is 1650 g/mol. The number of halogens is 3. The third-order valence-corrected chi connectivity index (χ3v) is 21.8. The van der Waals surface area contributed by atoms with Crippen LogP contribution in [0.3, 0.4) is 0 Å². The fourth-order valence-electron chi connectivity index (χ4n) is 14.4. The fourth-order valence-corrected chi connectivity index (χ4v) is 15.3. The van der Waals surface area contributed by atoms with Gasteiger partial charge in [-0.15, -0.1) is 0 Å². The van der Waals surface area contributed by atoms with Crippen molar-refractivity contribution in [3.05, 3.63) is 176 Å². The van der Waals surface area contributed by atoms with E-state index in [-0.39, 0.29) is 85.8 Å². The number of phenolic OH excluding ortho intramolecular Hbond substituents is 3. The second-order valence-electron chi connectivity index (χ2n) is 29.1. The molecule has 2 saturated heterocycles. The molecule has 18 atom stereocenters. The van der Waals surface area contributed by atoms with Crippen LogP contribution in [0, 0.1) is 5.92 Å². The maximum absolute atomic E-state index is 15.6. The molecule has 14 rings (SSSR count). The fraction of sp³-hybridized carbons (Fsp3) is 0.380. The Kier molecular flexibility index (Phi) is 25.9. The van der Waals surface area contributed by atoms with Crippen molar-refractivity contribution in [1.29, 1.82) is 0 Å². The summed E-state index contributed by atoms with van der Waals surface area (Å²) in [6, 6.07) is 17.9. The van der Waals surface area contributed by atoms with Crippen LogP contribution in [0.15, 0.2) is 127 Å². The molecule has 6 amide bonds. The first kappa shape index (κ1) is 83.9. The van der Waals surface area contributed by atoms with E-state index in [2.05, 4.69) is 42.5 Å². The Morgan fingerprint density at radius 1 is 0.667 bits per heavy atom. The summed E-state index contributed by atoms with van der Waals surface area (Å²) in [7, 11) is 1.50. The third kappa shape index (κ3) is 18.2. The minimum Gasteiger partial charge on any atom is -0.508 e. The van der Waals surface area contributed by atoms with E-state index in [9.17, 15) is 70.2 Å². The van der Waals surface area contributed by atoms with Crippen LogP contribution >= 0.6 is 47.0 Å². The van der Waals surface area contributed by atoms with Gasteiger partial charge in [-0.3, -0.25) is 28.8 Å². The van der Waals surface area contributed by atoms with Crippen molar-refractivity contribution >= 4 is 87.5 Å². The molecular formula is C79H86Cl3N9O22S. The molecule has 114 heavy (non-hydrogen) atoms. The number of fused-ring (bicyclic) bond motifs is 15. The minimum absolute atomic E-state index is 0.0784. The summed E-state index contributed by atoms with van der Waals surface area (Å²) >= 11 is 26.9. The van der Waals surface area contributed by atoms with Crippen molar-refractivity contribution in [2.75, 3.05) is 20.3 Å². The molecule has 31 nitrogen and oxygen atoms in total. The number of amides is 6. The van der Waals surface area contributed by atoms with Crippen LogP contribution in [0.1, 0.15) is 111 Å². The minimum atomic E-state index is -2.09. The number of aromatic hydroxyl groups is 3. The van der Waals surface area contributed by atoms with Gasteiger partial charge in [0.25, 0.3) is 0 Å². The summed E-state index contributed by atoms with van der Waals surface area (Å²) in [5.41, 5.74) is 5.98. The van der Waals surface area contributed by atoms with Crippen LogP contribution in [0.25, 0.3) is 22.3 Å². The predicted octanol–water partition coefficient (Wildman–Crippen LogP) is 4.97. The first-order valence-corrected chi connectivity index (χ1v) is 37.9. The maximum atomic E-state index is 15.6. The lowest BCUT2D eigenvalue weighted by Crippen LogP contribution is -2.65. The number of nitrogens with one attached hydrogen (secondary N) is 8. The van der Waals surface area contributed by atoms with E-state index in [1.54, 1.807) is 26.0 Å². The van der Waals surface area contributed by atoms with E-state index in [4.69, 9.17) is 81.2 Å². The molecule has 7 aliphatic heterocycles. The van der Waals surface area contributed by atoms with Crippen LogP contribution in [0.2, 0.25) is 15.1 Å². The van der Waals surface area contributed by atoms with E-state index in [0.29, 0.717) is 5.02 Å². The molecule has 2 fully saturated rings. The van der Waals surface area contributed by atoms with Gasteiger partial charge >= 0.3 is 0 Å². The number of carbonyl (C=O) groups excluding carboxylic acids is 6. The molecule has 606 valence electrons. The van der Waals surface area contributed by atoms with Crippen molar-refractivity contribution < 1.29 is 108 Å². The molecule has 7 aromatic carbocycles. The zero-order chi connectivity index (χ0) is 82.0. The summed E-state index contributed by atoms with van der Waals surface area (Å²) < 4.78 is 39.8. The highest BCUT2D eigenvalue weighted by molar-refractivity contribution is 7.80. The van der Waals surface area contributed by atoms with E-state index < -0.39 is 204 Å². The number of primary amides is 1. The lowest BCUT2D eigenvalue weighted by Gasteiger charge is -2.48. The molecule has 0 saturated carbocycles. The van der Waals surface area contributed by atoms with Gasteiger partial charge in [-0.05, 0) is 144 Å². The SMILES string of the molecule is CN[C@H](CC(C)C)C(=O)N[C@H]1C(=O)N[C@@H](CC(N)=O)C(=O)N[C@H]2C(=S)N[C@H]3C(=O)N[C@H](C(=O)N[C@H](CO)c4cc(O)cc(O)c4-c4cc3ccc4O)[C@H](O)c3ccc(c(Cl)c3)Oc3cc2cc(c3O[C@@H]2OC(CO)C(O)[C@H](O)[C@H]2O[C@H]2CC(C)(NCc3ccc(-c4ccc(Cl)cc4)cc3)[C@H](O)[C@H](C)O2)Oc2ccc(cc2Cl)[C@H]1O. The quantitative estimate of drug-likeness (QED) is 0.0535. The summed E-state index contributed by atoms with van der Waals surface area (Å²) in [6.07, 6.45) is -17.9. The Bertz CT molecular complexity index is 4810. The lowest BCUT2D eigenvalue weighted by atomic mass is 9.84. The van der Waals surface area contributed by atoms with Gasteiger partial charge in [0.1, 0.15) is 94.5 Å². The molecule has 0 aliphatic carbocycles. The Balaban J connectivity index is 1.04. The average molecular weight is 1650 g/mol. The highest BCUT2D eigenvalue weighted by atomic mass is 35.5. The molecule has 0 aromatic heterocycles. The Labute approximate surface area is 673 Å². The molecule has 3 unspecified atom stereocenters. The highest BCUT2D eigenvalue weighted by Gasteiger charge is 2.52. The number of carbonyl (C=O) groups is 6. The number of likely N-dealkylation sites (N-methyl/N-ethyl adjacent to an activating group) is 1. The van der Waals surface area contributed by atoms with Crippen molar-refractivity contribution in [1.82, 2.24) is 42.5 Å². The van der Waals surface area contributed by atoms with Gasteiger partial charge in [0, 0.05) is 40.7 Å². The number of rotatable bonds is 17.